The van der Waals surface area contributed by atoms with Crippen molar-refractivity contribution >= 4 is 5.91 Å². The number of aliphatic hydroxyl groups excluding tert-OH is 1. The Bertz CT molecular complexity index is 358. The monoisotopic (exact) mass is 209 g/mol. The molecular weight excluding hydrogens is 194 g/mol. The van der Waals surface area contributed by atoms with Crippen molar-refractivity contribution < 1.29 is 14.3 Å². The predicted molar refractivity (Wildman–Crippen MR) is 54.6 cm³/mol. The van der Waals surface area contributed by atoms with Crippen LogP contribution in [0.4, 0.5) is 0 Å². The van der Waals surface area contributed by atoms with Gasteiger partial charge in [-0.15, -0.1) is 0 Å². The van der Waals surface area contributed by atoms with Gasteiger partial charge >= 0.3 is 0 Å². The first-order valence-corrected chi connectivity index (χ1v) is 5.20. The van der Waals surface area contributed by atoms with E-state index < -0.39 is 0 Å². The maximum atomic E-state index is 12.0. The molecular formula is C11H15NO3. The van der Waals surface area contributed by atoms with Crippen LogP contribution in [0.3, 0.4) is 0 Å². The molecule has 15 heavy (non-hydrogen) atoms. The summed E-state index contributed by atoms with van der Waals surface area (Å²) in [4.78, 5) is 13.7. The average molecular weight is 209 g/mol. The quantitative estimate of drug-likeness (QED) is 0.795. The second kappa shape index (κ2) is 4.06. The third kappa shape index (κ3) is 1.77. The number of carbonyl (C=O) groups excluding carboxylic acids is 1. The zero-order valence-electron chi connectivity index (χ0n) is 8.77. The van der Waals surface area contributed by atoms with E-state index in [4.69, 9.17) is 9.52 Å². The van der Waals surface area contributed by atoms with Crippen LogP contribution in [0.25, 0.3) is 0 Å². The summed E-state index contributed by atoms with van der Waals surface area (Å²) >= 11 is 0. The number of hydrogen-bond donors (Lipinski definition) is 1. The van der Waals surface area contributed by atoms with Crippen LogP contribution in [0.5, 0.6) is 0 Å². The second-order valence-electron chi connectivity index (χ2n) is 3.91. The molecule has 0 saturated carbocycles. The van der Waals surface area contributed by atoms with Gasteiger partial charge in [0.15, 0.2) is 5.76 Å². The summed E-state index contributed by atoms with van der Waals surface area (Å²) in [5.41, 5.74) is 0.851. The molecule has 1 saturated heterocycles. The minimum Gasteiger partial charge on any atom is -0.459 e. The molecule has 0 aliphatic carbocycles. The van der Waals surface area contributed by atoms with Gasteiger partial charge in [0.05, 0.1) is 18.9 Å². The van der Waals surface area contributed by atoms with Gasteiger partial charge in [0, 0.05) is 12.1 Å². The van der Waals surface area contributed by atoms with Crippen LogP contribution in [0.2, 0.25) is 0 Å². The van der Waals surface area contributed by atoms with E-state index in [2.05, 4.69) is 0 Å². The van der Waals surface area contributed by atoms with Gasteiger partial charge in [-0.3, -0.25) is 4.79 Å². The van der Waals surface area contributed by atoms with Crippen LogP contribution in [-0.4, -0.2) is 35.1 Å². The van der Waals surface area contributed by atoms with Crippen molar-refractivity contribution in [2.75, 3.05) is 13.2 Å². The Morgan fingerprint density at radius 3 is 3.13 bits per heavy atom. The standard InChI is InChI=1S/C11H15NO3/c1-8-4-6-15-10(8)11(14)12-5-2-3-9(12)7-13/h4,6,9,13H,2-3,5,7H2,1H3/t9-/m1/s1. The summed E-state index contributed by atoms with van der Waals surface area (Å²) < 4.78 is 5.16. The number of amides is 1. The number of carbonyl (C=O) groups is 1. The van der Waals surface area contributed by atoms with E-state index in [9.17, 15) is 4.79 Å². The normalized spacial score (nSPS) is 20.9. The number of likely N-dealkylation sites (tertiary alicyclic amines) is 1. The Hall–Kier alpha value is -1.29. The lowest BCUT2D eigenvalue weighted by Gasteiger charge is -2.21. The van der Waals surface area contributed by atoms with Crippen LogP contribution in [0.15, 0.2) is 16.7 Å². The van der Waals surface area contributed by atoms with Crippen LogP contribution in [0, 0.1) is 6.92 Å². The third-order valence-electron chi connectivity index (χ3n) is 2.91. The van der Waals surface area contributed by atoms with Crippen molar-refractivity contribution in [2.24, 2.45) is 0 Å². The predicted octanol–water partition coefficient (Wildman–Crippen LogP) is 1.18. The number of hydrogen-bond acceptors (Lipinski definition) is 3. The van der Waals surface area contributed by atoms with Gasteiger partial charge < -0.3 is 14.4 Å². The Kier molecular flexibility index (Phi) is 2.77. The topological polar surface area (TPSA) is 53.7 Å². The van der Waals surface area contributed by atoms with E-state index >= 15 is 0 Å². The highest BCUT2D eigenvalue weighted by molar-refractivity contribution is 5.93. The van der Waals surface area contributed by atoms with Gasteiger partial charge in [-0.25, -0.2) is 0 Å². The summed E-state index contributed by atoms with van der Waals surface area (Å²) in [5.74, 6) is 0.296. The molecule has 1 fully saturated rings. The smallest absolute Gasteiger partial charge is 0.290 e. The molecule has 0 radical (unpaired) electrons. The van der Waals surface area contributed by atoms with Crippen molar-refractivity contribution in [3.63, 3.8) is 0 Å². The molecule has 4 nitrogen and oxygen atoms in total. The Morgan fingerprint density at radius 1 is 1.73 bits per heavy atom. The van der Waals surface area contributed by atoms with Crippen molar-refractivity contribution in [1.82, 2.24) is 4.90 Å². The molecule has 1 amide bonds. The van der Waals surface area contributed by atoms with E-state index in [0.29, 0.717) is 12.3 Å². The molecule has 2 heterocycles. The fraction of sp³-hybridized carbons (Fsp3) is 0.545. The summed E-state index contributed by atoms with van der Waals surface area (Å²) in [5, 5.41) is 9.13. The van der Waals surface area contributed by atoms with E-state index in [1.54, 1.807) is 11.0 Å². The molecule has 2 rings (SSSR count). The van der Waals surface area contributed by atoms with E-state index in [1.807, 2.05) is 6.92 Å². The molecule has 1 atom stereocenters. The van der Waals surface area contributed by atoms with Gasteiger partial charge in [0.1, 0.15) is 0 Å². The molecule has 1 aliphatic rings. The second-order valence-corrected chi connectivity index (χ2v) is 3.91. The third-order valence-corrected chi connectivity index (χ3v) is 2.91. The Labute approximate surface area is 88.5 Å². The molecule has 1 aliphatic heterocycles. The van der Waals surface area contributed by atoms with Crippen molar-refractivity contribution in [2.45, 2.75) is 25.8 Å². The van der Waals surface area contributed by atoms with Crippen LogP contribution in [0.1, 0.15) is 29.0 Å². The molecule has 1 N–H and O–H groups in total. The number of nitrogens with zero attached hydrogens (tertiary/aromatic N) is 1. The van der Waals surface area contributed by atoms with Gasteiger partial charge in [-0.2, -0.15) is 0 Å². The van der Waals surface area contributed by atoms with Crippen LogP contribution < -0.4 is 0 Å². The fourth-order valence-electron chi connectivity index (χ4n) is 2.02. The largest absolute Gasteiger partial charge is 0.459 e. The van der Waals surface area contributed by atoms with Crippen molar-refractivity contribution in [1.29, 1.82) is 0 Å². The molecule has 1 aromatic rings. The highest BCUT2D eigenvalue weighted by Crippen LogP contribution is 2.21. The molecule has 1 aromatic heterocycles. The SMILES string of the molecule is Cc1ccoc1C(=O)N1CCC[C@@H]1CO. The zero-order valence-corrected chi connectivity index (χ0v) is 8.77. The number of aliphatic hydroxyl groups is 1. The van der Waals surface area contributed by atoms with Gasteiger partial charge in [0.2, 0.25) is 0 Å². The first-order valence-electron chi connectivity index (χ1n) is 5.20. The van der Waals surface area contributed by atoms with Gasteiger partial charge in [-0.1, -0.05) is 0 Å². The highest BCUT2D eigenvalue weighted by atomic mass is 16.3. The molecule has 0 bridgehead atoms. The Balaban J connectivity index is 2.18. The van der Waals surface area contributed by atoms with Crippen LogP contribution in [-0.2, 0) is 0 Å². The number of furan rings is 1. The summed E-state index contributed by atoms with van der Waals surface area (Å²) in [6.45, 7) is 2.59. The molecule has 82 valence electrons. The summed E-state index contributed by atoms with van der Waals surface area (Å²) in [6, 6.07) is 1.74. The highest BCUT2D eigenvalue weighted by Gasteiger charge is 2.30. The van der Waals surface area contributed by atoms with E-state index in [-0.39, 0.29) is 18.6 Å². The summed E-state index contributed by atoms with van der Waals surface area (Å²) in [6.07, 6.45) is 3.35. The first kappa shape index (κ1) is 10.2. The average Bonchev–Trinajstić information content (AvgIpc) is 2.84. The molecule has 0 unspecified atom stereocenters. The maximum Gasteiger partial charge on any atom is 0.290 e. The van der Waals surface area contributed by atoms with Crippen LogP contribution >= 0.6 is 0 Å². The first-order chi connectivity index (χ1) is 7.24. The lowest BCUT2D eigenvalue weighted by molar-refractivity contribution is 0.0645. The number of aryl methyl sites for hydroxylation is 1. The van der Waals surface area contributed by atoms with E-state index in [0.717, 1.165) is 18.4 Å². The number of rotatable bonds is 2. The molecule has 4 heteroatoms. The lowest BCUT2D eigenvalue weighted by atomic mass is 10.2. The minimum absolute atomic E-state index is 0.0332. The van der Waals surface area contributed by atoms with Crippen molar-refractivity contribution in [3.05, 3.63) is 23.7 Å². The van der Waals surface area contributed by atoms with Gasteiger partial charge in [-0.05, 0) is 25.8 Å². The summed E-state index contributed by atoms with van der Waals surface area (Å²) in [7, 11) is 0. The zero-order chi connectivity index (χ0) is 10.8. The maximum absolute atomic E-state index is 12.0. The lowest BCUT2D eigenvalue weighted by Crippen LogP contribution is -2.37. The molecule has 0 aromatic carbocycles. The van der Waals surface area contributed by atoms with Crippen molar-refractivity contribution in [3.8, 4) is 0 Å². The van der Waals surface area contributed by atoms with E-state index in [1.165, 1.54) is 6.26 Å². The van der Waals surface area contributed by atoms with Gasteiger partial charge in [0.25, 0.3) is 5.91 Å². The fourth-order valence-corrected chi connectivity index (χ4v) is 2.02. The minimum atomic E-state index is -0.103. The molecule has 0 spiro atoms. The Morgan fingerprint density at radius 2 is 2.53 bits per heavy atom.